The molecule has 1 fully saturated rings. The highest BCUT2D eigenvalue weighted by atomic mass is 79.9. The summed E-state index contributed by atoms with van der Waals surface area (Å²) in [6, 6.07) is 3.76. The van der Waals surface area contributed by atoms with Crippen molar-refractivity contribution in [2.45, 2.75) is 36.6 Å². The van der Waals surface area contributed by atoms with Gasteiger partial charge in [0.2, 0.25) is 10.0 Å². The third-order valence-corrected chi connectivity index (χ3v) is 6.85. The van der Waals surface area contributed by atoms with Gasteiger partial charge in [-0.05, 0) is 47.0 Å². The molecule has 0 saturated carbocycles. The molecule has 116 valence electrons. The molecule has 1 saturated heterocycles. The summed E-state index contributed by atoms with van der Waals surface area (Å²) in [5.74, 6) is -1.09. The first kappa shape index (κ1) is 16.9. The predicted octanol–water partition coefficient (Wildman–Crippen LogP) is 3.23. The van der Waals surface area contributed by atoms with Crippen molar-refractivity contribution in [2.24, 2.45) is 0 Å². The van der Waals surface area contributed by atoms with Gasteiger partial charge < -0.3 is 5.11 Å². The number of hydrogen-bond donors (Lipinski definition) is 1. The quantitative estimate of drug-likeness (QED) is 0.782. The Hall–Kier alpha value is -0.440. The molecule has 8 heteroatoms. The van der Waals surface area contributed by atoms with Crippen LogP contribution in [0.1, 0.15) is 25.7 Å². The third kappa shape index (κ3) is 3.67. The maximum Gasteiger partial charge on any atom is 0.322 e. The van der Waals surface area contributed by atoms with Crippen LogP contribution in [0.4, 0.5) is 0 Å². The number of hydrogen-bond acceptors (Lipinski definition) is 3. The van der Waals surface area contributed by atoms with Crippen molar-refractivity contribution in [1.29, 1.82) is 0 Å². The zero-order valence-corrected chi connectivity index (χ0v) is 15.1. The molecule has 1 aliphatic rings. The summed E-state index contributed by atoms with van der Waals surface area (Å²) in [6.45, 7) is 0.238. The van der Waals surface area contributed by atoms with Crippen LogP contribution in [0.25, 0.3) is 0 Å². The molecule has 1 aliphatic heterocycles. The average molecular weight is 441 g/mol. The van der Waals surface area contributed by atoms with Gasteiger partial charge in [-0.1, -0.05) is 28.8 Å². The normalized spacial score (nSPS) is 21.0. The standard InChI is InChI=1S/C13H15Br2NO4S/c14-9-5-6-12(10(15)8-9)21(19,20)16-7-3-1-2-4-11(16)13(17)18/h5-6,8,11H,1-4,7H2,(H,17,18). The van der Waals surface area contributed by atoms with Gasteiger partial charge in [0.25, 0.3) is 0 Å². The second kappa shape index (κ2) is 6.76. The molecule has 0 spiro atoms. The van der Waals surface area contributed by atoms with Crippen LogP contribution in [0.2, 0.25) is 0 Å². The molecule has 2 rings (SSSR count). The van der Waals surface area contributed by atoms with Gasteiger partial charge >= 0.3 is 5.97 Å². The van der Waals surface area contributed by atoms with Gasteiger partial charge in [0.1, 0.15) is 6.04 Å². The van der Waals surface area contributed by atoms with E-state index in [1.54, 1.807) is 12.1 Å². The zero-order valence-electron chi connectivity index (χ0n) is 11.1. The molecule has 0 aliphatic carbocycles. The lowest BCUT2D eigenvalue weighted by molar-refractivity contribution is -0.141. The smallest absolute Gasteiger partial charge is 0.322 e. The molecule has 0 amide bonds. The minimum atomic E-state index is -3.84. The first-order chi connectivity index (χ1) is 9.84. The molecule has 21 heavy (non-hydrogen) atoms. The Kier molecular flexibility index (Phi) is 5.45. The molecule has 1 atom stereocenters. The first-order valence-corrected chi connectivity index (χ1v) is 9.56. The van der Waals surface area contributed by atoms with E-state index >= 15 is 0 Å². The lowest BCUT2D eigenvalue weighted by atomic mass is 10.1. The van der Waals surface area contributed by atoms with Crippen LogP contribution < -0.4 is 0 Å². The van der Waals surface area contributed by atoms with Crippen molar-refractivity contribution >= 4 is 47.9 Å². The van der Waals surface area contributed by atoms with Gasteiger partial charge in [-0.3, -0.25) is 4.79 Å². The Bertz CT molecular complexity index is 648. The minimum absolute atomic E-state index is 0.0962. The summed E-state index contributed by atoms with van der Waals surface area (Å²) in [5, 5.41) is 9.33. The first-order valence-electron chi connectivity index (χ1n) is 6.54. The van der Waals surface area contributed by atoms with Gasteiger partial charge in [0, 0.05) is 15.5 Å². The number of halogens is 2. The van der Waals surface area contributed by atoms with Gasteiger partial charge in [-0.2, -0.15) is 4.31 Å². The lowest BCUT2D eigenvalue weighted by Gasteiger charge is -2.26. The second-order valence-corrected chi connectivity index (χ2v) is 8.52. The van der Waals surface area contributed by atoms with E-state index in [0.29, 0.717) is 17.3 Å². The number of benzene rings is 1. The number of carbonyl (C=O) groups is 1. The van der Waals surface area contributed by atoms with Crippen molar-refractivity contribution in [2.75, 3.05) is 6.54 Å². The molecule has 1 aromatic rings. The van der Waals surface area contributed by atoms with Crippen LogP contribution in [0, 0.1) is 0 Å². The minimum Gasteiger partial charge on any atom is -0.480 e. The third-order valence-electron chi connectivity index (χ3n) is 3.47. The van der Waals surface area contributed by atoms with Crippen LogP contribution in [0.5, 0.6) is 0 Å². The van der Waals surface area contributed by atoms with E-state index in [-0.39, 0.29) is 11.4 Å². The molecule has 1 heterocycles. The number of rotatable bonds is 3. The van der Waals surface area contributed by atoms with Crippen molar-refractivity contribution in [3.63, 3.8) is 0 Å². The Morgan fingerprint density at radius 1 is 1.24 bits per heavy atom. The Labute approximate surface area is 140 Å². The van der Waals surface area contributed by atoms with Gasteiger partial charge in [-0.15, -0.1) is 0 Å². The topological polar surface area (TPSA) is 74.7 Å². The molecular formula is C13H15Br2NO4S. The summed E-state index contributed by atoms with van der Waals surface area (Å²) in [6.07, 6.45) is 2.60. The van der Waals surface area contributed by atoms with E-state index in [1.165, 1.54) is 6.07 Å². The van der Waals surface area contributed by atoms with Gasteiger partial charge in [-0.25, -0.2) is 8.42 Å². The second-order valence-electron chi connectivity index (χ2n) is 4.89. The number of aliphatic carboxylic acids is 1. The van der Waals surface area contributed by atoms with E-state index in [1.807, 2.05) is 0 Å². The molecule has 1 unspecified atom stereocenters. The lowest BCUT2D eigenvalue weighted by Crippen LogP contribution is -2.44. The van der Waals surface area contributed by atoms with Crippen LogP contribution in [0.3, 0.4) is 0 Å². The molecule has 1 N–H and O–H groups in total. The van der Waals surface area contributed by atoms with Crippen molar-refractivity contribution in [3.8, 4) is 0 Å². The summed E-state index contributed by atoms with van der Waals surface area (Å²) >= 11 is 6.52. The van der Waals surface area contributed by atoms with Crippen LogP contribution in [-0.4, -0.2) is 36.4 Å². The average Bonchev–Trinajstić information content (AvgIpc) is 2.64. The molecular weight excluding hydrogens is 426 g/mol. The Balaban J connectivity index is 2.46. The number of carboxylic acids is 1. The molecule has 0 aromatic heterocycles. The molecule has 0 radical (unpaired) electrons. The van der Waals surface area contributed by atoms with Crippen LogP contribution >= 0.6 is 31.9 Å². The summed E-state index contributed by atoms with van der Waals surface area (Å²) in [5.41, 5.74) is 0. The SMILES string of the molecule is O=C(O)C1CCCCCN1S(=O)(=O)c1ccc(Br)cc1Br. The van der Waals surface area contributed by atoms with Gasteiger partial charge in [0.15, 0.2) is 0 Å². The summed E-state index contributed by atoms with van der Waals surface area (Å²) in [4.78, 5) is 11.5. The van der Waals surface area contributed by atoms with E-state index in [9.17, 15) is 18.3 Å². The fourth-order valence-electron chi connectivity index (χ4n) is 2.43. The zero-order chi connectivity index (χ0) is 15.6. The van der Waals surface area contributed by atoms with Crippen molar-refractivity contribution < 1.29 is 18.3 Å². The number of sulfonamides is 1. The van der Waals surface area contributed by atoms with E-state index in [2.05, 4.69) is 31.9 Å². The van der Waals surface area contributed by atoms with E-state index < -0.39 is 22.0 Å². The monoisotopic (exact) mass is 439 g/mol. The fourth-order valence-corrected chi connectivity index (χ4v) is 5.79. The summed E-state index contributed by atoms with van der Waals surface area (Å²) < 4.78 is 27.9. The van der Waals surface area contributed by atoms with Crippen LogP contribution in [0.15, 0.2) is 32.0 Å². The highest BCUT2D eigenvalue weighted by Gasteiger charge is 2.37. The fraction of sp³-hybridized carbons (Fsp3) is 0.462. The molecule has 1 aromatic carbocycles. The van der Waals surface area contributed by atoms with Crippen LogP contribution in [-0.2, 0) is 14.8 Å². The van der Waals surface area contributed by atoms with Gasteiger partial charge in [0.05, 0.1) is 4.90 Å². The Morgan fingerprint density at radius 2 is 1.95 bits per heavy atom. The maximum atomic E-state index is 12.8. The molecule has 5 nitrogen and oxygen atoms in total. The predicted molar refractivity (Wildman–Crippen MR) is 85.6 cm³/mol. The van der Waals surface area contributed by atoms with E-state index in [0.717, 1.165) is 21.6 Å². The molecule has 0 bridgehead atoms. The van der Waals surface area contributed by atoms with E-state index in [4.69, 9.17) is 0 Å². The summed E-state index contributed by atoms with van der Waals surface area (Å²) in [7, 11) is -3.84. The van der Waals surface area contributed by atoms with Crippen molar-refractivity contribution in [3.05, 3.63) is 27.1 Å². The Morgan fingerprint density at radius 3 is 2.57 bits per heavy atom. The highest BCUT2D eigenvalue weighted by Crippen LogP contribution is 2.31. The largest absolute Gasteiger partial charge is 0.480 e. The maximum absolute atomic E-state index is 12.8. The van der Waals surface area contributed by atoms with Crippen molar-refractivity contribution in [1.82, 2.24) is 4.31 Å². The number of nitrogens with zero attached hydrogens (tertiary/aromatic N) is 1. The number of carboxylic acid groups (broad SMARTS) is 1. The highest BCUT2D eigenvalue weighted by molar-refractivity contribution is 9.11.